The third-order valence-electron chi connectivity index (χ3n) is 3.02. The number of amides is 1. The Bertz CT molecular complexity index is 544. The van der Waals surface area contributed by atoms with Crippen molar-refractivity contribution in [2.45, 2.75) is 34.1 Å². The molecule has 0 spiro atoms. The number of aryl methyl sites for hydroxylation is 1. The molecule has 0 radical (unpaired) electrons. The minimum absolute atomic E-state index is 0.489. The first kappa shape index (κ1) is 16.0. The molecule has 0 bridgehead atoms. The van der Waals surface area contributed by atoms with Gasteiger partial charge in [0.1, 0.15) is 12.4 Å². The number of benzene rings is 1. The van der Waals surface area contributed by atoms with Gasteiger partial charge in [-0.05, 0) is 56.9 Å². The van der Waals surface area contributed by atoms with E-state index in [0.717, 1.165) is 45.7 Å². The van der Waals surface area contributed by atoms with Crippen LogP contribution in [0.3, 0.4) is 0 Å². The zero-order chi connectivity index (χ0) is 15.3. The van der Waals surface area contributed by atoms with E-state index in [1.807, 2.05) is 33.8 Å². The van der Waals surface area contributed by atoms with Gasteiger partial charge in [0, 0.05) is 11.3 Å². The second-order valence-corrected chi connectivity index (χ2v) is 5.31. The van der Waals surface area contributed by atoms with Gasteiger partial charge in [-0.25, -0.2) is 0 Å². The third-order valence-corrected chi connectivity index (χ3v) is 3.02. The van der Waals surface area contributed by atoms with E-state index >= 15 is 0 Å². The summed E-state index contributed by atoms with van der Waals surface area (Å²) in [7, 11) is 0. The zero-order valence-electron chi connectivity index (χ0n) is 12.8. The number of anilines is 1. The normalized spacial score (nSPS) is 10.0. The molecular weight excluding hydrogens is 250 g/mol. The van der Waals surface area contributed by atoms with E-state index in [1.54, 1.807) is 0 Å². The number of hydrogen-bond acceptors (Lipinski definition) is 2. The van der Waals surface area contributed by atoms with Crippen LogP contribution in [0.4, 0.5) is 5.69 Å². The van der Waals surface area contributed by atoms with E-state index in [2.05, 4.69) is 18.5 Å². The van der Waals surface area contributed by atoms with Gasteiger partial charge in [0.15, 0.2) is 0 Å². The van der Waals surface area contributed by atoms with Crippen LogP contribution in [-0.4, -0.2) is 13.0 Å². The molecule has 1 amide bonds. The molecule has 1 N–H and O–H groups in total. The van der Waals surface area contributed by atoms with Crippen molar-refractivity contribution in [3.05, 3.63) is 47.1 Å². The Labute approximate surface area is 121 Å². The molecule has 3 nitrogen and oxygen atoms in total. The summed E-state index contributed by atoms with van der Waals surface area (Å²) < 4.78 is 5.84. The molecule has 0 unspecified atom stereocenters. The molecule has 0 aliphatic heterocycles. The summed E-state index contributed by atoms with van der Waals surface area (Å²) in [5.41, 5.74) is 5.94. The van der Waals surface area contributed by atoms with Gasteiger partial charge in [0.25, 0.3) is 0 Å². The topological polar surface area (TPSA) is 38.3 Å². The molecule has 0 aliphatic rings. The molecule has 0 aliphatic carbocycles. The fourth-order valence-corrected chi connectivity index (χ4v) is 2.12. The van der Waals surface area contributed by atoms with Crippen LogP contribution in [0.2, 0.25) is 0 Å². The molecule has 0 atom stereocenters. The highest BCUT2D eigenvalue weighted by Gasteiger charge is 2.14. The lowest BCUT2D eigenvalue weighted by Crippen LogP contribution is -2.07. The number of hydrogen-bond donors (Lipinski definition) is 1. The molecule has 0 heterocycles. The molecule has 1 aromatic rings. The highest BCUT2D eigenvalue weighted by molar-refractivity contribution is 5.77. The number of allylic oxidation sites excluding steroid dienone is 1. The van der Waals surface area contributed by atoms with Crippen molar-refractivity contribution in [2.24, 2.45) is 0 Å². The maximum Gasteiger partial charge on any atom is 0.211 e. The lowest BCUT2D eigenvalue weighted by atomic mass is 9.96. The Morgan fingerprint density at radius 1 is 1.30 bits per heavy atom. The van der Waals surface area contributed by atoms with Gasteiger partial charge >= 0.3 is 0 Å². The molecule has 0 aromatic heterocycles. The van der Waals surface area contributed by atoms with Crippen molar-refractivity contribution in [1.29, 1.82) is 0 Å². The van der Waals surface area contributed by atoms with Gasteiger partial charge in [-0.2, -0.15) is 0 Å². The summed E-state index contributed by atoms with van der Waals surface area (Å²) in [6.07, 6.45) is 1.43. The minimum Gasteiger partial charge on any atom is -0.489 e. The predicted octanol–water partition coefficient (Wildman–Crippen LogP) is 3.95. The van der Waals surface area contributed by atoms with Crippen LogP contribution in [-0.2, 0) is 11.2 Å². The van der Waals surface area contributed by atoms with Crippen LogP contribution in [0.1, 0.15) is 30.5 Å². The smallest absolute Gasteiger partial charge is 0.211 e. The molecule has 20 heavy (non-hydrogen) atoms. The highest BCUT2D eigenvalue weighted by atomic mass is 16.5. The first-order valence-corrected chi connectivity index (χ1v) is 6.61. The van der Waals surface area contributed by atoms with E-state index in [9.17, 15) is 4.79 Å². The number of carbonyl (C=O) groups excluding carboxylic acids is 1. The van der Waals surface area contributed by atoms with Crippen LogP contribution in [0.25, 0.3) is 0 Å². The molecule has 0 saturated carbocycles. The quantitative estimate of drug-likeness (QED) is 0.603. The molecule has 1 aromatic carbocycles. The Kier molecular flexibility index (Phi) is 5.56. The van der Waals surface area contributed by atoms with Crippen LogP contribution in [0, 0.1) is 13.8 Å². The van der Waals surface area contributed by atoms with E-state index in [1.165, 1.54) is 0 Å². The largest absolute Gasteiger partial charge is 0.489 e. The summed E-state index contributed by atoms with van der Waals surface area (Å²) in [5, 5.41) is 2.77. The average molecular weight is 273 g/mol. The highest BCUT2D eigenvalue weighted by Crippen LogP contribution is 2.33. The molecule has 0 saturated heterocycles. The van der Waals surface area contributed by atoms with Gasteiger partial charge in [0.2, 0.25) is 6.41 Å². The first-order chi connectivity index (χ1) is 9.36. The monoisotopic (exact) mass is 273 g/mol. The summed E-state index contributed by atoms with van der Waals surface area (Å²) in [4.78, 5) is 10.7. The van der Waals surface area contributed by atoms with E-state index < -0.39 is 0 Å². The van der Waals surface area contributed by atoms with Crippen molar-refractivity contribution in [3.8, 4) is 5.75 Å². The van der Waals surface area contributed by atoms with Gasteiger partial charge in [0.05, 0.1) is 0 Å². The summed E-state index contributed by atoms with van der Waals surface area (Å²) in [6, 6.07) is 1.96. The Balaban J connectivity index is 3.29. The number of nitrogens with one attached hydrogen (secondary N) is 1. The van der Waals surface area contributed by atoms with E-state index in [4.69, 9.17) is 4.74 Å². The number of carbonyl (C=O) groups is 1. The van der Waals surface area contributed by atoms with Gasteiger partial charge in [-0.1, -0.05) is 18.7 Å². The fraction of sp³-hybridized carbons (Fsp3) is 0.353. The Hall–Kier alpha value is -2.03. The fourth-order valence-electron chi connectivity index (χ4n) is 2.12. The molecule has 1 rings (SSSR count). The summed E-state index contributed by atoms with van der Waals surface area (Å²) in [5.74, 6) is 0.836. The molecule has 0 fully saturated rings. The number of rotatable bonds is 7. The van der Waals surface area contributed by atoms with E-state index in [-0.39, 0.29) is 0 Å². The van der Waals surface area contributed by atoms with Crippen molar-refractivity contribution in [1.82, 2.24) is 0 Å². The lowest BCUT2D eigenvalue weighted by molar-refractivity contribution is -0.105. The predicted molar refractivity (Wildman–Crippen MR) is 84.4 cm³/mol. The zero-order valence-corrected chi connectivity index (χ0v) is 12.8. The van der Waals surface area contributed by atoms with Crippen molar-refractivity contribution in [3.63, 3.8) is 0 Å². The van der Waals surface area contributed by atoms with Crippen LogP contribution < -0.4 is 10.1 Å². The first-order valence-electron chi connectivity index (χ1n) is 6.61. The maximum atomic E-state index is 10.7. The standard InChI is InChI=1S/C17H23NO2/c1-11(2)7-15-14(6)17(18-10-19)13(5)8-16(15)20-9-12(3)4/h8,10H,1,3,7,9H2,2,4-6H3,(H,18,19). The van der Waals surface area contributed by atoms with Gasteiger partial charge < -0.3 is 10.1 Å². The van der Waals surface area contributed by atoms with Crippen LogP contribution in [0.15, 0.2) is 30.4 Å². The third kappa shape index (κ3) is 3.98. The molecule has 3 heteroatoms. The number of ether oxygens (including phenoxy) is 1. The van der Waals surface area contributed by atoms with Crippen molar-refractivity contribution < 1.29 is 9.53 Å². The SMILES string of the molecule is C=C(C)COc1cc(C)c(NC=O)c(C)c1CC(=C)C. The Morgan fingerprint density at radius 3 is 2.45 bits per heavy atom. The average Bonchev–Trinajstić information content (AvgIpc) is 2.35. The van der Waals surface area contributed by atoms with Crippen LogP contribution in [0.5, 0.6) is 5.75 Å². The second-order valence-electron chi connectivity index (χ2n) is 5.31. The minimum atomic E-state index is 0.489. The summed E-state index contributed by atoms with van der Waals surface area (Å²) in [6.45, 7) is 16.2. The molecule has 108 valence electrons. The second kappa shape index (κ2) is 6.94. The van der Waals surface area contributed by atoms with E-state index in [0.29, 0.717) is 13.0 Å². The van der Waals surface area contributed by atoms with Gasteiger partial charge in [-0.15, -0.1) is 0 Å². The summed E-state index contributed by atoms with van der Waals surface area (Å²) >= 11 is 0. The van der Waals surface area contributed by atoms with Crippen molar-refractivity contribution in [2.75, 3.05) is 11.9 Å². The maximum absolute atomic E-state index is 10.7. The lowest BCUT2D eigenvalue weighted by Gasteiger charge is -2.19. The van der Waals surface area contributed by atoms with Crippen molar-refractivity contribution >= 4 is 12.1 Å². The Morgan fingerprint density at radius 2 is 1.95 bits per heavy atom. The van der Waals surface area contributed by atoms with Gasteiger partial charge in [-0.3, -0.25) is 4.79 Å². The molecular formula is C17H23NO2. The van der Waals surface area contributed by atoms with Crippen LogP contribution >= 0.6 is 0 Å².